The molecule has 6 aromatic heterocycles. The lowest BCUT2D eigenvalue weighted by Crippen LogP contribution is -2.43. The number of hydrogen-bond acceptors (Lipinski definition) is 28. The molecule has 5 unspecified atom stereocenters. The summed E-state index contributed by atoms with van der Waals surface area (Å²) in [5.41, 5.74) is 14.7. The van der Waals surface area contributed by atoms with Crippen molar-refractivity contribution in [3.8, 4) is 0 Å². The second-order valence-electron chi connectivity index (χ2n) is 31.5. The Morgan fingerprint density at radius 3 is 1.05 bits per heavy atom. The van der Waals surface area contributed by atoms with E-state index >= 15 is 0 Å². The molecule has 3 fully saturated rings. The first-order valence-electron chi connectivity index (χ1n) is 33.2. The topological polar surface area (TPSA) is 456 Å². The standard InChI is InChI=1S/C21H36N5O8P.C21H36N5O7PS.C21H35N5O5/c1-20(2,3)10-12-14(33-35(28,29)34-21(4,5)6)15(31-9-8-30-7)18(32-12)26-11-23-13-16(26)24-19(22)25-17(13)27;1-20(2,3)10-12-14(32-34(28,35)33-21(4,5)6)15(30-9-8-29-7)18(31-12)26-11-23-13-16(26)24-19(22)25-17(13)27;1-20(2,3)10-12-14(31-21(4,5)6)15(29-9-8-28-7)18(30-12)26-11-23-13-16(26)24-19(22)25-17(13)27/h11-12,14-15,18H,8-10H2,1-7H3,(H,28,29)(H3,22,24,25,27);11-12,14-15,18H,8-10H2,1-7H3,(H,28,35)(H3,22,24,25,27);11-12,14-15,18H,8-10H2,1-7H3,(H3,22,24,25,27)/t12-,14+,15?,18-;12-,14+,15?,18-,34?;12-,14+,15?,18-/m111/s1. The van der Waals surface area contributed by atoms with Gasteiger partial charge in [-0.25, -0.2) is 19.5 Å². The van der Waals surface area contributed by atoms with Crippen LogP contribution in [0.3, 0.4) is 0 Å². The monoisotopic (exact) mass is 1490 g/mol. The van der Waals surface area contributed by atoms with Gasteiger partial charge in [0.05, 0.1) is 93.7 Å². The van der Waals surface area contributed by atoms with E-state index in [0.29, 0.717) is 38.3 Å². The number of H-pyrrole nitrogens is 3. The zero-order valence-corrected chi connectivity index (χ0v) is 64.4. The van der Waals surface area contributed by atoms with Crippen LogP contribution in [0.15, 0.2) is 33.4 Å². The summed E-state index contributed by atoms with van der Waals surface area (Å²) in [4.78, 5) is 91.0. The molecule has 0 spiro atoms. The fourth-order valence-electron chi connectivity index (χ4n) is 11.7. The van der Waals surface area contributed by atoms with E-state index in [1.807, 2.05) is 41.5 Å². The molecule has 3 aliphatic rings. The summed E-state index contributed by atoms with van der Waals surface area (Å²) in [5.74, 6) is -0.123. The van der Waals surface area contributed by atoms with Crippen LogP contribution in [0, 0.1) is 16.2 Å². The molecule has 35 nitrogen and oxygen atoms in total. The number of methoxy groups -OCH3 is 3. The van der Waals surface area contributed by atoms with Gasteiger partial charge in [-0.05, 0) is 110 Å². The molecule has 9 rings (SSSR count). The normalized spacial score (nSPS) is 25.1. The highest BCUT2D eigenvalue weighted by atomic mass is 32.5. The van der Waals surface area contributed by atoms with Crippen molar-refractivity contribution in [2.75, 3.05) is 78.2 Å². The molecule has 0 radical (unpaired) electrons. The average molecular weight is 1490 g/mol. The lowest BCUT2D eigenvalue weighted by Gasteiger charge is -2.33. The number of nitrogen functional groups attached to an aromatic ring is 3. The highest BCUT2D eigenvalue weighted by molar-refractivity contribution is 8.07. The molecule has 570 valence electrons. The van der Waals surface area contributed by atoms with Crippen molar-refractivity contribution in [2.45, 2.75) is 234 Å². The fraction of sp³-hybridized carbons (Fsp3) is 0.762. The summed E-state index contributed by atoms with van der Waals surface area (Å²) < 4.78 is 100. The zero-order valence-electron chi connectivity index (χ0n) is 61.8. The highest BCUT2D eigenvalue weighted by Gasteiger charge is 2.54. The number of aromatic amines is 3. The summed E-state index contributed by atoms with van der Waals surface area (Å²) in [5, 5.41) is 0. The number of phosphoric ester groups is 1. The molecule has 11 N–H and O–H groups in total. The summed E-state index contributed by atoms with van der Waals surface area (Å²) in [7, 11) is 0.205. The van der Waals surface area contributed by atoms with Crippen molar-refractivity contribution >= 4 is 77.7 Å². The Hall–Kier alpha value is -5.31. The third-order valence-electron chi connectivity index (χ3n) is 15.0. The first kappa shape index (κ1) is 83.0. The van der Waals surface area contributed by atoms with Gasteiger partial charge in [0, 0.05) is 21.3 Å². The fourth-order valence-corrected chi connectivity index (χ4v) is 15.2. The van der Waals surface area contributed by atoms with Crippen molar-refractivity contribution in [1.82, 2.24) is 58.6 Å². The summed E-state index contributed by atoms with van der Waals surface area (Å²) in [6.07, 6.45) is -1.74. The molecular weight excluding hydrogens is 1380 g/mol. The summed E-state index contributed by atoms with van der Waals surface area (Å²) >= 11 is 5.35. The number of nitrogens with one attached hydrogen (secondary N) is 3. The number of fused-ring (bicyclic) bond motifs is 3. The Kier molecular flexibility index (Phi) is 27.1. The van der Waals surface area contributed by atoms with E-state index < -0.39 is 109 Å². The van der Waals surface area contributed by atoms with Gasteiger partial charge in [-0.3, -0.25) is 56.6 Å². The summed E-state index contributed by atoms with van der Waals surface area (Å²) in [6.45, 7) is 33.1. The SMILES string of the molecule is COCCOC1[C@@H](OC(C)(C)C)[C@@H](CC(C)(C)C)O[C@H]1n1cnc2c(=O)[nH]c(N)nc21.COCCOC1[C@@H](OP(=O)(O)OC(C)(C)C)[C@@H](CC(C)(C)C)O[C@H]1n1cnc2c(=O)[nH]c(N)nc21.COCCOC1[C@@H](OP(O)(=S)OC(C)(C)C)[C@@H](CC(C)(C)C)O[C@H]1n1cnc2c(=O)[nH]c(N)nc21. The van der Waals surface area contributed by atoms with Crippen molar-refractivity contribution < 1.29 is 79.8 Å². The number of nitrogens with two attached hydrogens (primary N) is 3. The first-order valence-corrected chi connectivity index (χ1v) is 37.3. The van der Waals surface area contributed by atoms with Crippen LogP contribution >= 0.6 is 14.5 Å². The van der Waals surface area contributed by atoms with Crippen LogP contribution in [0.2, 0.25) is 0 Å². The molecule has 38 heteroatoms. The van der Waals surface area contributed by atoms with Crippen molar-refractivity contribution in [3.05, 3.63) is 50.0 Å². The van der Waals surface area contributed by atoms with Crippen LogP contribution in [-0.2, 0) is 81.8 Å². The number of aromatic nitrogens is 12. The second kappa shape index (κ2) is 33.0. The molecule has 3 saturated heterocycles. The maximum Gasteiger partial charge on any atom is 0.473 e. The molecule has 0 bridgehead atoms. The molecule has 6 aromatic rings. The maximum absolute atomic E-state index is 12.9. The van der Waals surface area contributed by atoms with E-state index in [9.17, 15) is 28.7 Å². The van der Waals surface area contributed by atoms with Crippen LogP contribution in [0.4, 0.5) is 17.8 Å². The predicted molar refractivity (Wildman–Crippen MR) is 379 cm³/mol. The molecule has 3 aliphatic heterocycles. The smallest absolute Gasteiger partial charge is 0.382 e. The number of hydrogen-bond donors (Lipinski definition) is 8. The van der Waals surface area contributed by atoms with Crippen molar-refractivity contribution in [3.63, 3.8) is 0 Å². The predicted octanol–water partition coefficient (Wildman–Crippen LogP) is 7.10. The number of phosphoric acid groups is 1. The number of rotatable bonds is 25. The van der Waals surface area contributed by atoms with Crippen LogP contribution in [0.1, 0.15) is 163 Å². The van der Waals surface area contributed by atoms with Crippen LogP contribution < -0.4 is 33.9 Å². The lowest BCUT2D eigenvalue weighted by atomic mass is 9.87. The first-order chi connectivity index (χ1) is 46.6. The number of ether oxygens (including phenoxy) is 10. The van der Waals surface area contributed by atoms with E-state index in [-0.39, 0.29) is 94.0 Å². The van der Waals surface area contributed by atoms with Crippen molar-refractivity contribution in [2.24, 2.45) is 16.2 Å². The number of anilines is 3. The van der Waals surface area contributed by atoms with Gasteiger partial charge in [0.15, 0.2) is 52.2 Å². The van der Waals surface area contributed by atoms with E-state index in [4.69, 9.17) is 94.5 Å². The highest BCUT2D eigenvalue weighted by Crippen LogP contribution is 2.55. The van der Waals surface area contributed by atoms with E-state index in [1.165, 1.54) is 30.7 Å². The minimum atomic E-state index is -4.52. The minimum absolute atomic E-state index is 0.00691. The largest absolute Gasteiger partial charge is 0.473 e. The van der Waals surface area contributed by atoms with Gasteiger partial charge in [-0.2, -0.15) is 15.0 Å². The second-order valence-corrected chi connectivity index (χ2v) is 35.5. The number of imidazole rings is 3. The molecule has 0 saturated carbocycles. The average Bonchev–Trinajstić information content (AvgIpc) is 1.62. The van der Waals surface area contributed by atoms with Crippen molar-refractivity contribution in [1.29, 1.82) is 0 Å². The number of nitrogens with zero attached hydrogens (tertiary/aromatic N) is 9. The van der Waals surface area contributed by atoms with E-state index in [0.717, 1.165) is 6.42 Å². The van der Waals surface area contributed by atoms with E-state index in [1.54, 1.807) is 64.9 Å². The Morgan fingerprint density at radius 1 is 0.465 bits per heavy atom. The Balaban J connectivity index is 0.000000213. The van der Waals surface area contributed by atoms with Gasteiger partial charge >= 0.3 is 14.5 Å². The van der Waals surface area contributed by atoms with Gasteiger partial charge in [-0.15, -0.1) is 0 Å². The summed E-state index contributed by atoms with van der Waals surface area (Å²) in [6, 6.07) is 0. The molecule has 9 heterocycles. The Bertz CT molecular complexity index is 3820. The maximum atomic E-state index is 12.9. The van der Waals surface area contributed by atoms with Crippen LogP contribution in [0.5, 0.6) is 0 Å². The van der Waals surface area contributed by atoms with Crippen LogP contribution in [0.25, 0.3) is 33.5 Å². The molecule has 14 atom stereocenters. The van der Waals surface area contributed by atoms with Gasteiger partial charge in [0.1, 0.15) is 36.6 Å². The van der Waals surface area contributed by atoms with E-state index in [2.05, 4.69) is 86.4 Å². The molecule has 0 aliphatic carbocycles. The zero-order chi connectivity index (χ0) is 75.3. The minimum Gasteiger partial charge on any atom is -0.382 e. The lowest BCUT2D eigenvalue weighted by molar-refractivity contribution is -0.134. The molecule has 101 heavy (non-hydrogen) atoms. The Morgan fingerprint density at radius 2 is 0.762 bits per heavy atom. The van der Waals surface area contributed by atoms with Crippen LogP contribution in [-0.4, -0.2) is 201 Å². The van der Waals surface area contributed by atoms with Gasteiger partial charge in [-0.1, -0.05) is 62.3 Å². The van der Waals surface area contributed by atoms with Gasteiger partial charge in [0.25, 0.3) is 16.7 Å². The van der Waals surface area contributed by atoms with Gasteiger partial charge in [0.2, 0.25) is 17.8 Å². The quantitative estimate of drug-likeness (QED) is 0.0209. The Labute approximate surface area is 592 Å². The molecular formula is C63H107N15O20P2S. The third-order valence-corrected chi connectivity index (χ3v) is 18.1. The van der Waals surface area contributed by atoms with Gasteiger partial charge < -0.3 is 78.9 Å². The molecule has 0 amide bonds. The molecule has 0 aromatic carbocycles. The third kappa shape index (κ3) is 23.3.